The molecule has 4 rings (SSSR count). The van der Waals surface area contributed by atoms with Gasteiger partial charge in [-0.1, -0.05) is 35.3 Å². The number of piperazine rings is 1. The molecule has 2 aromatic carbocycles. The molecule has 8 nitrogen and oxygen atoms in total. The Morgan fingerprint density at radius 2 is 1.67 bits per heavy atom. The van der Waals surface area contributed by atoms with Crippen LogP contribution in [0.4, 0.5) is 10.1 Å². The van der Waals surface area contributed by atoms with E-state index in [1.54, 1.807) is 46.6 Å². The van der Waals surface area contributed by atoms with Gasteiger partial charge in [0.15, 0.2) is 5.78 Å². The second kappa shape index (κ2) is 16.5. The van der Waals surface area contributed by atoms with Gasteiger partial charge >= 0.3 is 0 Å². The molecule has 11 heteroatoms. The first-order chi connectivity index (χ1) is 20.3. The molecule has 0 aliphatic carbocycles. The van der Waals surface area contributed by atoms with Crippen LogP contribution in [-0.2, 0) is 27.4 Å². The van der Waals surface area contributed by atoms with Crippen LogP contribution in [0.3, 0.4) is 0 Å². The van der Waals surface area contributed by atoms with Crippen molar-refractivity contribution in [3.63, 3.8) is 0 Å². The number of aromatic nitrogens is 2. The van der Waals surface area contributed by atoms with Gasteiger partial charge in [-0.3, -0.25) is 9.59 Å². The number of nitrogens with zero attached hydrogens (tertiary/aromatic N) is 5. The van der Waals surface area contributed by atoms with Crippen LogP contribution in [0.2, 0.25) is 10.0 Å². The predicted molar refractivity (Wildman–Crippen MR) is 162 cm³/mol. The van der Waals surface area contributed by atoms with Gasteiger partial charge in [0, 0.05) is 62.5 Å². The average molecular weight is 613 g/mol. The van der Waals surface area contributed by atoms with E-state index >= 15 is 0 Å². The Kier molecular flexibility index (Phi) is 12.8. The van der Waals surface area contributed by atoms with Crippen molar-refractivity contribution in [2.45, 2.75) is 20.0 Å². The van der Waals surface area contributed by atoms with Crippen LogP contribution in [-0.4, -0.2) is 70.9 Å². The first-order valence-electron chi connectivity index (χ1n) is 13.1. The maximum atomic E-state index is 13.3. The van der Waals surface area contributed by atoms with Gasteiger partial charge < -0.3 is 19.4 Å². The standard InChI is InChI=1S/C29H30Cl2FN5O3.C2H2/c1-21(38)24(12-23-14-33-19-34-15-23)16-35(20-40-18-22-2-4-25(32)5-3-22)17-29(39)37-10-8-36(9-11-37)26-6-7-27(30)28(31)13-26;1-2/h2-7,13-16,19H,8-12,17-18,20H2,1H3;1-2H/b24-16-;. The third-order valence-corrected chi connectivity index (χ3v) is 7.22. The minimum Gasteiger partial charge on any atom is -0.368 e. The second-order valence-corrected chi connectivity index (χ2v) is 10.3. The molecule has 42 heavy (non-hydrogen) atoms. The molecular formula is C31H32Cl2FN5O3. The van der Waals surface area contributed by atoms with Crippen molar-refractivity contribution < 1.29 is 18.7 Å². The molecule has 1 fully saturated rings. The first-order valence-corrected chi connectivity index (χ1v) is 13.9. The van der Waals surface area contributed by atoms with Crippen LogP contribution in [0.25, 0.3) is 0 Å². The van der Waals surface area contributed by atoms with E-state index in [1.807, 2.05) is 12.1 Å². The number of ketones is 1. The lowest BCUT2D eigenvalue weighted by molar-refractivity contribution is -0.133. The molecule has 0 atom stereocenters. The molecule has 0 unspecified atom stereocenters. The summed E-state index contributed by atoms with van der Waals surface area (Å²) < 4.78 is 19.1. The SMILES string of the molecule is C#C.CC(=O)/C(=C\N(COCc1ccc(F)cc1)CC(=O)N1CCN(c2ccc(Cl)c(Cl)c2)CC1)Cc1cncnc1. The highest BCUT2D eigenvalue weighted by Gasteiger charge is 2.23. The molecular weight excluding hydrogens is 580 g/mol. The molecule has 1 aliphatic heterocycles. The highest BCUT2D eigenvalue weighted by Crippen LogP contribution is 2.27. The molecule has 220 valence electrons. The lowest BCUT2D eigenvalue weighted by Gasteiger charge is -2.37. The number of terminal acetylenes is 1. The van der Waals surface area contributed by atoms with Gasteiger partial charge in [0.25, 0.3) is 0 Å². The first kappa shape index (κ1) is 32.5. The molecule has 0 saturated carbocycles. The molecule has 1 aromatic heterocycles. The summed E-state index contributed by atoms with van der Waals surface area (Å²) in [5, 5.41) is 0.989. The zero-order chi connectivity index (χ0) is 30.5. The highest BCUT2D eigenvalue weighted by molar-refractivity contribution is 6.42. The van der Waals surface area contributed by atoms with Crippen LogP contribution in [0, 0.1) is 18.7 Å². The molecule has 1 amide bonds. The van der Waals surface area contributed by atoms with Crippen molar-refractivity contribution in [1.82, 2.24) is 19.8 Å². The smallest absolute Gasteiger partial charge is 0.242 e. The van der Waals surface area contributed by atoms with Gasteiger partial charge in [0.05, 0.1) is 23.2 Å². The highest BCUT2D eigenvalue weighted by atomic mass is 35.5. The third-order valence-electron chi connectivity index (χ3n) is 6.48. The summed E-state index contributed by atoms with van der Waals surface area (Å²) in [5.41, 5.74) is 3.03. The number of Topliss-reactive ketones (excluding diaryl/α,β-unsaturated/α-hetero) is 1. The maximum absolute atomic E-state index is 13.3. The number of hydrogen-bond donors (Lipinski definition) is 0. The van der Waals surface area contributed by atoms with E-state index in [1.165, 1.54) is 25.4 Å². The minimum absolute atomic E-state index is 0.0261. The Hall–Kier alpha value is -3.97. The monoisotopic (exact) mass is 611 g/mol. The largest absolute Gasteiger partial charge is 0.368 e. The third kappa shape index (κ3) is 9.84. The van der Waals surface area contributed by atoms with E-state index in [0.717, 1.165) is 16.8 Å². The zero-order valence-electron chi connectivity index (χ0n) is 23.3. The Morgan fingerprint density at radius 1 is 1.00 bits per heavy atom. The number of carbonyl (C=O) groups excluding carboxylic acids is 2. The van der Waals surface area contributed by atoms with E-state index in [4.69, 9.17) is 27.9 Å². The van der Waals surface area contributed by atoms with Crippen molar-refractivity contribution in [3.05, 3.63) is 99.9 Å². The number of amides is 1. The van der Waals surface area contributed by atoms with Crippen molar-refractivity contribution in [2.24, 2.45) is 0 Å². The summed E-state index contributed by atoms with van der Waals surface area (Å²) >= 11 is 12.2. The molecule has 0 radical (unpaired) electrons. The van der Waals surface area contributed by atoms with E-state index in [0.29, 0.717) is 48.2 Å². The Labute approximate surface area is 255 Å². The molecule has 1 aliphatic rings. The fourth-order valence-corrected chi connectivity index (χ4v) is 4.57. The Morgan fingerprint density at radius 3 is 2.29 bits per heavy atom. The van der Waals surface area contributed by atoms with Gasteiger partial charge in [-0.15, -0.1) is 12.8 Å². The van der Waals surface area contributed by atoms with Crippen LogP contribution in [0.15, 0.2) is 73.0 Å². The van der Waals surface area contributed by atoms with Crippen LogP contribution in [0.5, 0.6) is 0 Å². The molecule has 3 aromatic rings. The van der Waals surface area contributed by atoms with Gasteiger partial charge in [-0.25, -0.2) is 14.4 Å². The molecule has 0 N–H and O–H groups in total. The molecule has 2 heterocycles. The number of rotatable bonds is 11. The number of hydrogen-bond acceptors (Lipinski definition) is 7. The Balaban J connectivity index is 0.00000237. The van der Waals surface area contributed by atoms with Gasteiger partial charge in [0.1, 0.15) is 18.9 Å². The van der Waals surface area contributed by atoms with E-state index in [9.17, 15) is 14.0 Å². The average Bonchev–Trinajstić information content (AvgIpc) is 3.00. The topological polar surface area (TPSA) is 78.9 Å². The van der Waals surface area contributed by atoms with Gasteiger partial charge in [0.2, 0.25) is 5.91 Å². The number of halogens is 3. The van der Waals surface area contributed by atoms with Crippen LogP contribution < -0.4 is 4.90 Å². The van der Waals surface area contributed by atoms with Crippen LogP contribution >= 0.6 is 23.2 Å². The molecule has 0 spiro atoms. The quantitative estimate of drug-likeness (QED) is 0.171. The van der Waals surface area contributed by atoms with Crippen molar-refractivity contribution in [2.75, 3.05) is 44.4 Å². The predicted octanol–water partition coefficient (Wildman–Crippen LogP) is 5.01. The fourth-order valence-electron chi connectivity index (χ4n) is 4.28. The van der Waals surface area contributed by atoms with E-state index < -0.39 is 0 Å². The number of carbonyl (C=O) groups is 2. The summed E-state index contributed by atoms with van der Waals surface area (Å²) in [5.74, 6) is -0.536. The van der Waals surface area contributed by atoms with Gasteiger partial charge in [-0.2, -0.15) is 0 Å². The van der Waals surface area contributed by atoms with Crippen LogP contribution in [0.1, 0.15) is 18.1 Å². The van der Waals surface area contributed by atoms with E-state index in [2.05, 4.69) is 27.7 Å². The number of allylic oxidation sites excluding steroid dienone is 1. The minimum atomic E-state index is -0.325. The van der Waals surface area contributed by atoms with Crippen molar-refractivity contribution in [1.29, 1.82) is 0 Å². The maximum Gasteiger partial charge on any atom is 0.242 e. The molecule has 0 bridgehead atoms. The summed E-state index contributed by atoms with van der Waals surface area (Å²) in [6.45, 7) is 4.16. The summed E-state index contributed by atoms with van der Waals surface area (Å²) in [7, 11) is 0. The normalized spacial score (nSPS) is 13.2. The number of benzene rings is 2. The fraction of sp³-hybridized carbons (Fsp3) is 0.290. The Bertz CT molecular complexity index is 1380. The van der Waals surface area contributed by atoms with Crippen molar-refractivity contribution >= 4 is 40.6 Å². The number of anilines is 1. The lowest BCUT2D eigenvalue weighted by Crippen LogP contribution is -2.51. The summed E-state index contributed by atoms with van der Waals surface area (Å²) in [4.78, 5) is 39.5. The zero-order valence-corrected chi connectivity index (χ0v) is 24.8. The van der Waals surface area contributed by atoms with E-state index in [-0.39, 0.29) is 37.4 Å². The van der Waals surface area contributed by atoms with Gasteiger partial charge in [-0.05, 0) is 48.4 Å². The van der Waals surface area contributed by atoms with Crippen molar-refractivity contribution in [3.8, 4) is 12.8 Å². The summed E-state index contributed by atoms with van der Waals surface area (Å²) in [6.07, 6.45) is 14.7. The number of ether oxygens (including phenoxy) is 1. The summed E-state index contributed by atoms with van der Waals surface area (Å²) in [6, 6.07) is 11.5. The second-order valence-electron chi connectivity index (χ2n) is 9.45. The molecule has 1 saturated heterocycles. The lowest BCUT2D eigenvalue weighted by atomic mass is 10.1.